The van der Waals surface area contributed by atoms with Crippen molar-refractivity contribution in [3.05, 3.63) is 108 Å². The molecule has 0 radical (unpaired) electrons. The number of aryl methyl sites for hydroxylation is 2. The Labute approximate surface area is 320 Å². The monoisotopic (exact) mass is 842 g/mol. The average Bonchev–Trinajstić information content (AvgIpc) is 3.06. The van der Waals surface area contributed by atoms with Crippen LogP contribution < -0.4 is 20.1 Å². The van der Waals surface area contributed by atoms with E-state index in [2.05, 4.69) is 10.6 Å². The van der Waals surface area contributed by atoms with Gasteiger partial charge in [-0.3, -0.25) is 9.11 Å². The summed E-state index contributed by atoms with van der Waals surface area (Å²) in [6.45, 7) is 2.83. The molecular formula is C35H30N4O13S4. The summed E-state index contributed by atoms with van der Waals surface area (Å²) < 4.78 is 123. The van der Waals surface area contributed by atoms with Crippen LogP contribution in [0.3, 0.4) is 0 Å². The zero-order chi connectivity index (χ0) is 41.0. The molecule has 0 heterocycles. The number of phenols is 2. The van der Waals surface area contributed by atoms with Crippen LogP contribution in [-0.4, -0.2) is 59.0 Å². The Morgan fingerprint density at radius 3 is 1.11 bits per heavy atom. The maximum absolute atomic E-state index is 13.2. The molecule has 0 spiro atoms. The lowest BCUT2D eigenvalue weighted by molar-refractivity contribution is 0.250. The van der Waals surface area contributed by atoms with E-state index in [-0.39, 0.29) is 54.0 Å². The van der Waals surface area contributed by atoms with Gasteiger partial charge in [0.1, 0.15) is 21.3 Å². The predicted octanol–water partition coefficient (Wildman–Crippen LogP) is 5.38. The van der Waals surface area contributed by atoms with Crippen LogP contribution in [0.15, 0.2) is 117 Å². The first-order valence-corrected chi connectivity index (χ1v) is 21.7. The second-order valence-corrected chi connectivity index (χ2v) is 18.5. The Morgan fingerprint density at radius 1 is 0.446 bits per heavy atom. The summed E-state index contributed by atoms with van der Waals surface area (Å²) in [6.07, 6.45) is 0. The highest BCUT2D eigenvalue weighted by Gasteiger charge is 2.26. The van der Waals surface area contributed by atoms with Crippen molar-refractivity contribution in [1.82, 2.24) is 9.44 Å². The van der Waals surface area contributed by atoms with E-state index >= 15 is 0 Å². The molecule has 0 saturated heterocycles. The molecule has 6 aromatic carbocycles. The number of nitrogens with one attached hydrogen (secondary N) is 4. The molecule has 2 amide bonds. The fourth-order valence-corrected chi connectivity index (χ4v) is 9.69. The van der Waals surface area contributed by atoms with Crippen molar-refractivity contribution in [1.29, 1.82) is 0 Å². The highest BCUT2D eigenvalue weighted by atomic mass is 32.2. The second kappa shape index (κ2) is 14.3. The molecule has 0 aliphatic heterocycles. The van der Waals surface area contributed by atoms with Crippen molar-refractivity contribution < 1.29 is 57.8 Å². The third-order valence-corrected chi connectivity index (χ3v) is 13.2. The Bertz CT molecular complexity index is 2880. The number of benzene rings is 6. The number of aromatic hydroxyl groups is 2. The summed E-state index contributed by atoms with van der Waals surface area (Å²) in [7, 11) is -18.5. The van der Waals surface area contributed by atoms with Gasteiger partial charge < -0.3 is 20.8 Å². The molecule has 0 bridgehead atoms. The number of fused-ring (bicyclic) bond motifs is 2. The lowest BCUT2D eigenvalue weighted by atomic mass is 10.1. The lowest BCUT2D eigenvalue weighted by Crippen LogP contribution is -2.42. The highest BCUT2D eigenvalue weighted by Crippen LogP contribution is 2.35. The van der Waals surface area contributed by atoms with E-state index in [0.717, 1.165) is 36.4 Å². The van der Waals surface area contributed by atoms with E-state index in [1.807, 2.05) is 0 Å². The van der Waals surface area contributed by atoms with Crippen molar-refractivity contribution in [2.75, 3.05) is 10.6 Å². The van der Waals surface area contributed by atoms with E-state index in [1.165, 1.54) is 74.5 Å². The smallest absolute Gasteiger partial charge is 0.342 e. The van der Waals surface area contributed by atoms with Crippen molar-refractivity contribution >= 4 is 90.6 Å². The molecule has 6 aromatic rings. The first kappa shape index (κ1) is 39.7. The Hall–Kier alpha value is -5.97. The number of carbonyl (C=O) groups is 1. The van der Waals surface area contributed by atoms with E-state index < -0.39 is 56.1 Å². The fourth-order valence-electron chi connectivity index (χ4n) is 5.98. The van der Waals surface area contributed by atoms with E-state index in [9.17, 15) is 57.8 Å². The minimum atomic E-state index is -4.64. The van der Waals surface area contributed by atoms with Crippen LogP contribution >= 0.6 is 0 Å². The van der Waals surface area contributed by atoms with Gasteiger partial charge in [0.15, 0.2) is 0 Å². The van der Waals surface area contributed by atoms with Gasteiger partial charge in [0.2, 0.25) is 0 Å². The number of rotatable bonds is 10. The van der Waals surface area contributed by atoms with Gasteiger partial charge in [-0.1, -0.05) is 0 Å². The number of amides is 2. The molecular weight excluding hydrogens is 813 g/mol. The lowest BCUT2D eigenvalue weighted by Gasteiger charge is -2.15. The van der Waals surface area contributed by atoms with Crippen LogP contribution in [0.25, 0.3) is 21.5 Å². The summed E-state index contributed by atoms with van der Waals surface area (Å²) in [5, 5.41) is 26.6. The van der Waals surface area contributed by atoms with E-state index in [1.54, 1.807) is 9.44 Å². The van der Waals surface area contributed by atoms with Crippen LogP contribution in [0.1, 0.15) is 11.1 Å². The largest absolute Gasteiger partial charge is 0.507 e. The first-order valence-electron chi connectivity index (χ1n) is 15.8. The normalized spacial score (nSPS) is 12.4. The van der Waals surface area contributed by atoms with E-state index in [0.29, 0.717) is 22.7 Å². The van der Waals surface area contributed by atoms with Crippen molar-refractivity contribution in [2.45, 2.75) is 33.4 Å². The van der Waals surface area contributed by atoms with Gasteiger partial charge in [-0.15, -0.1) is 0 Å². The third-order valence-electron chi connectivity index (χ3n) is 8.42. The molecule has 0 aliphatic carbocycles. The number of sulfonamides is 2. The molecule has 56 heavy (non-hydrogen) atoms. The van der Waals surface area contributed by atoms with Gasteiger partial charge in [0, 0.05) is 44.3 Å². The van der Waals surface area contributed by atoms with Crippen LogP contribution in [0.2, 0.25) is 0 Å². The van der Waals surface area contributed by atoms with Gasteiger partial charge in [-0.2, -0.15) is 16.8 Å². The van der Waals surface area contributed by atoms with Gasteiger partial charge in [0.25, 0.3) is 40.3 Å². The predicted molar refractivity (Wildman–Crippen MR) is 206 cm³/mol. The molecule has 0 unspecified atom stereocenters. The van der Waals surface area contributed by atoms with Crippen LogP contribution in [0.4, 0.5) is 27.5 Å². The number of hydrogen-bond acceptors (Lipinski definition) is 13. The summed E-state index contributed by atoms with van der Waals surface area (Å²) in [4.78, 5) is 11.1. The zero-order valence-corrected chi connectivity index (χ0v) is 32.1. The average molecular weight is 843 g/mol. The van der Waals surface area contributed by atoms with Crippen LogP contribution in [-0.2, 0) is 40.3 Å². The zero-order valence-electron chi connectivity index (χ0n) is 28.8. The first-order chi connectivity index (χ1) is 26.0. The number of phenolic OH excluding ortho intramolecular Hbond substituents is 2. The Morgan fingerprint density at radius 2 is 0.768 bits per heavy atom. The molecule has 6 rings (SSSR count). The van der Waals surface area contributed by atoms with Gasteiger partial charge >= 0.3 is 6.03 Å². The Kier molecular flexibility index (Phi) is 10.1. The number of hydrogen-bond donors (Lipinski definition) is 8. The van der Waals surface area contributed by atoms with Gasteiger partial charge in [0.05, 0.1) is 9.79 Å². The highest BCUT2D eigenvalue weighted by molar-refractivity contribution is 7.91. The molecule has 292 valence electrons. The van der Waals surface area contributed by atoms with Gasteiger partial charge in [-0.05, 0) is 122 Å². The second-order valence-electron chi connectivity index (χ2n) is 12.4. The maximum atomic E-state index is 13.2. The molecule has 0 atom stereocenters. The number of anilines is 4. The minimum Gasteiger partial charge on any atom is -0.507 e. The number of urea groups is 1. The summed E-state index contributed by atoms with van der Waals surface area (Å²) in [6, 6.07) is 19.1. The molecule has 0 fully saturated rings. The summed E-state index contributed by atoms with van der Waals surface area (Å²) >= 11 is 0. The SMILES string of the molecule is Cc1cc(Nc2ccc3c(O)ccc(S(=O)(=O)O)c3c2)ccc1S(=O)(=O)NC(=O)NS(=O)(=O)c1ccc(Nc2ccc3c(O)ccc(S(=O)(=O)O)c3c2)cc1C. The number of carbonyl (C=O) groups excluding carboxylic acids is 1. The molecule has 0 aromatic heterocycles. The minimum absolute atomic E-state index is 0.0177. The molecule has 21 heteroatoms. The van der Waals surface area contributed by atoms with Crippen molar-refractivity contribution in [3.63, 3.8) is 0 Å². The van der Waals surface area contributed by atoms with Crippen LogP contribution in [0.5, 0.6) is 11.5 Å². The van der Waals surface area contributed by atoms with Crippen LogP contribution in [0, 0.1) is 13.8 Å². The Balaban J connectivity index is 1.15. The molecule has 0 aliphatic rings. The third kappa shape index (κ3) is 8.17. The van der Waals surface area contributed by atoms with Crippen molar-refractivity contribution in [3.8, 4) is 11.5 Å². The quantitative estimate of drug-likeness (QED) is 0.0804. The van der Waals surface area contributed by atoms with Crippen molar-refractivity contribution in [2.24, 2.45) is 0 Å². The topological polar surface area (TPSA) is 283 Å². The molecule has 0 saturated carbocycles. The maximum Gasteiger partial charge on any atom is 0.342 e. The van der Waals surface area contributed by atoms with Gasteiger partial charge in [-0.25, -0.2) is 31.1 Å². The molecule has 17 nitrogen and oxygen atoms in total. The fraction of sp³-hybridized carbons (Fsp3) is 0.0571. The standard InChI is InChI=1S/C35H30N4O13S4/c1-19-15-21(36-23-3-7-25-27(17-23)33(55(47,48)49)13-9-29(25)40)5-11-31(19)53(43,44)38-35(42)39-54(45,46)32-12-6-22(16-20(32)2)37-24-4-8-26-28(18-24)34(56(50,51)52)14-10-30(26)41/h3-18,36-37,40-41H,1-2H3,(H2,38,39,42)(H,47,48,49)(H,50,51,52). The van der Waals surface area contributed by atoms with E-state index in [4.69, 9.17) is 0 Å². The molecule has 8 N–H and O–H groups in total. The summed E-state index contributed by atoms with van der Waals surface area (Å²) in [5.41, 5.74) is 1.55. The summed E-state index contributed by atoms with van der Waals surface area (Å²) in [5.74, 6) is -0.447.